The van der Waals surface area contributed by atoms with Crippen molar-refractivity contribution in [2.75, 3.05) is 24.7 Å². The minimum absolute atomic E-state index is 0.0711. The van der Waals surface area contributed by atoms with Crippen molar-refractivity contribution in [3.8, 4) is 5.75 Å². The highest BCUT2D eigenvalue weighted by Crippen LogP contribution is 2.26. The topological polar surface area (TPSA) is 63.7 Å². The van der Waals surface area contributed by atoms with Crippen LogP contribution >= 0.6 is 0 Å². The predicted molar refractivity (Wildman–Crippen MR) is 90.9 cm³/mol. The summed E-state index contributed by atoms with van der Waals surface area (Å²) in [4.78, 5) is 14.6. The van der Waals surface area contributed by atoms with E-state index >= 15 is 0 Å². The molecule has 5 nitrogen and oxygen atoms in total. The number of carbonyl (C=O) groups is 1. The van der Waals surface area contributed by atoms with E-state index in [1.807, 2.05) is 39.8 Å². The fraction of sp³-hybridized carbons (Fsp3) is 0.588. The summed E-state index contributed by atoms with van der Waals surface area (Å²) in [6, 6.07) is 3.50. The Hall–Kier alpha value is -1.56. The van der Waals surface area contributed by atoms with E-state index in [4.69, 9.17) is 4.74 Å². The summed E-state index contributed by atoms with van der Waals surface area (Å²) in [7, 11) is -3.01. The summed E-state index contributed by atoms with van der Waals surface area (Å²) in [5.41, 5.74) is 2.39. The zero-order chi connectivity index (χ0) is 17.2. The van der Waals surface area contributed by atoms with Gasteiger partial charge in [0.25, 0.3) is 5.91 Å². The number of benzene rings is 1. The third kappa shape index (κ3) is 3.86. The van der Waals surface area contributed by atoms with E-state index in [1.165, 1.54) is 0 Å². The van der Waals surface area contributed by atoms with Gasteiger partial charge in [0.15, 0.2) is 9.84 Å². The third-order valence-corrected chi connectivity index (χ3v) is 6.05. The van der Waals surface area contributed by atoms with E-state index in [0.29, 0.717) is 25.1 Å². The molecule has 1 atom stereocenters. The van der Waals surface area contributed by atoms with Crippen LogP contribution in [-0.2, 0) is 9.84 Å². The molecule has 128 valence electrons. The number of amides is 1. The molecule has 1 saturated heterocycles. The molecule has 0 N–H and O–H groups in total. The Labute approximate surface area is 138 Å². The van der Waals surface area contributed by atoms with Gasteiger partial charge in [-0.2, -0.15) is 0 Å². The van der Waals surface area contributed by atoms with Crippen LogP contribution in [0.5, 0.6) is 5.75 Å². The van der Waals surface area contributed by atoms with Crippen LogP contribution in [0.3, 0.4) is 0 Å². The van der Waals surface area contributed by atoms with Gasteiger partial charge in [0.2, 0.25) is 0 Å². The van der Waals surface area contributed by atoms with E-state index in [-0.39, 0.29) is 23.5 Å². The second-order valence-electron chi connectivity index (χ2n) is 6.01. The molecule has 1 amide bonds. The van der Waals surface area contributed by atoms with Crippen molar-refractivity contribution < 1.29 is 17.9 Å². The minimum Gasteiger partial charge on any atom is -0.494 e. The Morgan fingerprint density at radius 1 is 1.26 bits per heavy atom. The van der Waals surface area contributed by atoms with Crippen molar-refractivity contribution in [2.24, 2.45) is 0 Å². The summed E-state index contributed by atoms with van der Waals surface area (Å²) in [6.07, 6.45) is 0.525. The summed E-state index contributed by atoms with van der Waals surface area (Å²) < 4.78 is 29.0. The molecule has 23 heavy (non-hydrogen) atoms. The van der Waals surface area contributed by atoms with Gasteiger partial charge in [-0.3, -0.25) is 4.79 Å². The second kappa shape index (κ2) is 6.91. The van der Waals surface area contributed by atoms with Crippen LogP contribution in [0.15, 0.2) is 12.1 Å². The van der Waals surface area contributed by atoms with E-state index in [2.05, 4.69) is 0 Å². The lowest BCUT2D eigenvalue weighted by Gasteiger charge is -2.28. The van der Waals surface area contributed by atoms with Crippen molar-refractivity contribution >= 4 is 15.7 Å². The van der Waals surface area contributed by atoms with Gasteiger partial charge in [-0.25, -0.2) is 8.42 Å². The van der Waals surface area contributed by atoms with Crippen LogP contribution in [0.25, 0.3) is 0 Å². The maximum atomic E-state index is 12.9. The molecule has 0 bridgehead atoms. The third-order valence-electron chi connectivity index (χ3n) is 4.30. The number of hydrogen-bond acceptors (Lipinski definition) is 4. The largest absolute Gasteiger partial charge is 0.494 e. The average Bonchev–Trinajstić information content (AvgIpc) is 2.83. The van der Waals surface area contributed by atoms with E-state index in [9.17, 15) is 13.2 Å². The van der Waals surface area contributed by atoms with E-state index < -0.39 is 9.84 Å². The Balaban J connectivity index is 2.29. The monoisotopic (exact) mass is 339 g/mol. The lowest BCUT2D eigenvalue weighted by atomic mass is 10.0. The Morgan fingerprint density at radius 3 is 2.48 bits per heavy atom. The quantitative estimate of drug-likeness (QED) is 0.826. The fourth-order valence-electron chi connectivity index (χ4n) is 3.07. The van der Waals surface area contributed by atoms with Gasteiger partial charge in [0.05, 0.1) is 18.1 Å². The van der Waals surface area contributed by atoms with E-state index in [0.717, 1.165) is 16.9 Å². The predicted octanol–water partition coefficient (Wildman–Crippen LogP) is 2.35. The van der Waals surface area contributed by atoms with Gasteiger partial charge in [-0.1, -0.05) is 0 Å². The molecule has 2 rings (SSSR count). The van der Waals surface area contributed by atoms with E-state index in [1.54, 1.807) is 4.90 Å². The smallest absolute Gasteiger partial charge is 0.254 e. The van der Waals surface area contributed by atoms with Crippen LogP contribution in [-0.4, -0.2) is 49.9 Å². The number of nitrogens with zero attached hydrogens (tertiary/aromatic N) is 1. The summed E-state index contributed by atoms with van der Waals surface area (Å²) in [6.45, 7) is 8.69. The number of carbonyl (C=O) groups excluding carboxylic acids is 1. The zero-order valence-corrected chi connectivity index (χ0v) is 15.1. The maximum absolute atomic E-state index is 12.9. The molecule has 1 aromatic carbocycles. The number of aryl methyl sites for hydroxylation is 2. The molecule has 0 spiro atoms. The first-order valence-electron chi connectivity index (χ1n) is 8.04. The molecule has 1 unspecified atom stereocenters. The lowest BCUT2D eigenvalue weighted by Crippen LogP contribution is -2.41. The number of ether oxygens (including phenoxy) is 1. The van der Waals surface area contributed by atoms with Gasteiger partial charge in [0.1, 0.15) is 5.75 Å². The Morgan fingerprint density at radius 2 is 1.96 bits per heavy atom. The van der Waals surface area contributed by atoms with Crippen LogP contribution in [0.1, 0.15) is 41.8 Å². The molecule has 1 aliphatic rings. The Bertz CT molecular complexity index is 697. The van der Waals surface area contributed by atoms with Crippen LogP contribution < -0.4 is 4.74 Å². The molecule has 0 aliphatic carbocycles. The molecule has 1 fully saturated rings. The molecular formula is C17H25NO4S. The molecule has 0 aromatic heterocycles. The highest BCUT2D eigenvalue weighted by Gasteiger charge is 2.34. The first-order chi connectivity index (χ1) is 10.8. The van der Waals surface area contributed by atoms with Gasteiger partial charge in [-0.05, 0) is 57.4 Å². The molecule has 1 aromatic rings. The maximum Gasteiger partial charge on any atom is 0.254 e. The molecule has 1 heterocycles. The molecular weight excluding hydrogens is 314 g/mol. The molecule has 6 heteroatoms. The van der Waals surface area contributed by atoms with Crippen molar-refractivity contribution in [1.29, 1.82) is 0 Å². The number of hydrogen-bond donors (Lipinski definition) is 0. The standard InChI is InChI=1S/C17H25NO4S/c1-5-18(14-7-8-23(20,21)11-14)17(19)15-9-13(4)16(22-6-2)10-12(15)3/h9-10,14H,5-8,11H2,1-4H3. The SMILES string of the molecule is CCOc1cc(C)c(C(=O)N(CC)C2CCS(=O)(=O)C2)cc1C. The number of sulfone groups is 1. The Kier molecular flexibility index (Phi) is 5.34. The minimum atomic E-state index is -3.01. The zero-order valence-electron chi connectivity index (χ0n) is 14.3. The molecule has 0 saturated carbocycles. The molecule has 1 aliphatic heterocycles. The average molecular weight is 339 g/mol. The summed E-state index contributed by atoms with van der Waals surface area (Å²) >= 11 is 0. The number of rotatable bonds is 5. The van der Waals surface area contributed by atoms with Gasteiger partial charge < -0.3 is 9.64 Å². The first-order valence-corrected chi connectivity index (χ1v) is 9.86. The van der Waals surface area contributed by atoms with Crippen LogP contribution in [0.2, 0.25) is 0 Å². The lowest BCUT2D eigenvalue weighted by molar-refractivity contribution is 0.0707. The van der Waals surface area contributed by atoms with Gasteiger partial charge in [-0.15, -0.1) is 0 Å². The van der Waals surface area contributed by atoms with Gasteiger partial charge >= 0.3 is 0 Å². The van der Waals surface area contributed by atoms with Crippen LogP contribution in [0, 0.1) is 13.8 Å². The van der Waals surface area contributed by atoms with Crippen molar-refractivity contribution in [1.82, 2.24) is 4.90 Å². The highest BCUT2D eigenvalue weighted by atomic mass is 32.2. The molecule has 0 radical (unpaired) electrons. The first kappa shape index (κ1) is 17.8. The van der Waals surface area contributed by atoms with Crippen molar-refractivity contribution in [3.63, 3.8) is 0 Å². The summed E-state index contributed by atoms with van der Waals surface area (Å²) in [5.74, 6) is 0.927. The highest BCUT2D eigenvalue weighted by molar-refractivity contribution is 7.91. The second-order valence-corrected chi connectivity index (χ2v) is 8.24. The van der Waals surface area contributed by atoms with Crippen molar-refractivity contribution in [2.45, 2.75) is 40.2 Å². The van der Waals surface area contributed by atoms with Crippen molar-refractivity contribution in [3.05, 3.63) is 28.8 Å². The van der Waals surface area contributed by atoms with Gasteiger partial charge in [0, 0.05) is 18.2 Å². The van der Waals surface area contributed by atoms with Crippen LogP contribution in [0.4, 0.5) is 0 Å². The fourth-order valence-corrected chi connectivity index (χ4v) is 4.81. The summed E-state index contributed by atoms with van der Waals surface area (Å²) in [5, 5.41) is 0. The normalized spacial score (nSPS) is 19.6.